The Morgan fingerprint density at radius 2 is 1.81 bits per heavy atom. The van der Waals surface area contributed by atoms with Crippen LogP contribution in [0.5, 0.6) is 0 Å². The summed E-state index contributed by atoms with van der Waals surface area (Å²) in [5, 5.41) is 4.66. The van der Waals surface area contributed by atoms with Crippen molar-refractivity contribution in [1.82, 2.24) is 10.2 Å². The topological polar surface area (TPSA) is 24.5 Å². The number of halogens is 4. The van der Waals surface area contributed by atoms with Gasteiger partial charge < -0.3 is 10.1 Å². The van der Waals surface area contributed by atoms with Crippen molar-refractivity contribution in [3.63, 3.8) is 0 Å². The summed E-state index contributed by atoms with van der Waals surface area (Å²) in [7, 11) is 0. The number of nitrogens with one attached hydrogen (secondary N) is 1. The lowest BCUT2D eigenvalue weighted by atomic mass is 10.2. The maximum absolute atomic E-state index is 5.98. The van der Waals surface area contributed by atoms with Crippen LogP contribution >= 0.6 is 48.0 Å². The molecule has 3 nitrogen and oxygen atoms in total. The minimum absolute atomic E-state index is 0. The lowest BCUT2D eigenvalue weighted by Crippen LogP contribution is -2.37. The molecule has 0 radical (unpaired) electrons. The summed E-state index contributed by atoms with van der Waals surface area (Å²) >= 11 is 11.9. The summed E-state index contributed by atoms with van der Waals surface area (Å²) in [5.41, 5.74) is 1.17. The number of morpholine rings is 1. The first-order valence-corrected chi connectivity index (χ1v) is 7.46. The smallest absolute Gasteiger partial charge is 0.0595 e. The van der Waals surface area contributed by atoms with Gasteiger partial charge in [0.05, 0.1) is 23.3 Å². The van der Waals surface area contributed by atoms with Gasteiger partial charge in [-0.05, 0) is 37.2 Å². The van der Waals surface area contributed by atoms with E-state index in [1.807, 2.05) is 18.2 Å². The van der Waals surface area contributed by atoms with E-state index in [9.17, 15) is 0 Å². The molecule has 2 rings (SSSR count). The van der Waals surface area contributed by atoms with Crippen LogP contribution in [0.2, 0.25) is 10.0 Å². The zero-order valence-electron chi connectivity index (χ0n) is 11.8. The minimum Gasteiger partial charge on any atom is -0.379 e. The molecule has 122 valence electrons. The van der Waals surface area contributed by atoms with Gasteiger partial charge in [-0.1, -0.05) is 29.3 Å². The predicted octanol–water partition coefficient (Wildman–Crippen LogP) is 3.65. The molecule has 7 heteroatoms. The van der Waals surface area contributed by atoms with Gasteiger partial charge in [-0.15, -0.1) is 24.8 Å². The Morgan fingerprint density at radius 1 is 1.10 bits per heavy atom. The van der Waals surface area contributed by atoms with Gasteiger partial charge in [-0.3, -0.25) is 4.90 Å². The van der Waals surface area contributed by atoms with Crippen molar-refractivity contribution in [2.24, 2.45) is 0 Å². The van der Waals surface area contributed by atoms with Gasteiger partial charge in [0, 0.05) is 19.6 Å². The van der Waals surface area contributed by atoms with Crippen molar-refractivity contribution >= 4 is 48.0 Å². The van der Waals surface area contributed by atoms with Crippen LogP contribution in [-0.2, 0) is 11.3 Å². The first-order chi connectivity index (χ1) is 9.25. The van der Waals surface area contributed by atoms with Crippen molar-refractivity contribution in [3.8, 4) is 0 Å². The second kappa shape index (κ2) is 11.8. The van der Waals surface area contributed by atoms with Crippen LogP contribution in [0, 0.1) is 0 Å². The highest BCUT2D eigenvalue weighted by Crippen LogP contribution is 2.22. The van der Waals surface area contributed by atoms with Crippen LogP contribution in [0.25, 0.3) is 0 Å². The van der Waals surface area contributed by atoms with Crippen molar-refractivity contribution in [1.29, 1.82) is 0 Å². The molecule has 0 unspecified atom stereocenters. The van der Waals surface area contributed by atoms with E-state index in [0.717, 1.165) is 52.4 Å². The molecule has 1 aromatic carbocycles. The van der Waals surface area contributed by atoms with Crippen molar-refractivity contribution < 1.29 is 4.74 Å². The zero-order chi connectivity index (χ0) is 13.5. The second-order valence-corrected chi connectivity index (χ2v) is 5.55. The van der Waals surface area contributed by atoms with Crippen LogP contribution in [0.15, 0.2) is 18.2 Å². The monoisotopic (exact) mass is 374 g/mol. The van der Waals surface area contributed by atoms with Crippen LogP contribution in [0.3, 0.4) is 0 Å². The molecule has 0 spiro atoms. The van der Waals surface area contributed by atoms with Crippen molar-refractivity contribution in [2.75, 3.05) is 39.4 Å². The third kappa shape index (κ3) is 7.89. The fourth-order valence-corrected chi connectivity index (χ4v) is 2.46. The standard InChI is InChI=1S/C14H20Cl2N2O.2ClH/c15-13-3-2-12(10-14(13)16)11-17-4-1-5-18-6-8-19-9-7-18;;/h2-3,10,17H,1,4-9,11H2;2*1H. The van der Waals surface area contributed by atoms with Gasteiger partial charge in [0.25, 0.3) is 0 Å². The summed E-state index contributed by atoms with van der Waals surface area (Å²) in [6.45, 7) is 6.85. The first kappa shape index (κ1) is 21.3. The maximum Gasteiger partial charge on any atom is 0.0595 e. The van der Waals surface area contributed by atoms with E-state index in [0.29, 0.717) is 10.0 Å². The molecule has 1 fully saturated rings. The maximum atomic E-state index is 5.98. The summed E-state index contributed by atoms with van der Waals surface area (Å²) < 4.78 is 5.33. The zero-order valence-corrected chi connectivity index (χ0v) is 15.0. The van der Waals surface area contributed by atoms with Gasteiger partial charge in [-0.2, -0.15) is 0 Å². The highest BCUT2D eigenvalue weighted by atomic mass is 35.5. The first-order valence-electron chi connectivity index (χ1n) is 6.70. The molecule has 0 amide bonds. The normalized spacial score (nSPS) is 15.1. The third-order valence-electron chi connectivity index (χ3n) is 3.24. The summed E-state index contributed by atoms with van der Waals surface area (Å²) in [6, 6.07) is 5.76. The molecule has 0 saturated carbocycles. The third-order valence-corrected chi connectivity index (χ3v) is 3.98. The van der Waals surface area contributed by atoms with E-state index in [4.69, 9.17) is 27.9 Å². The van der Waals surface area contributed by atoms with Crippen LogP contribution in [0.1, 0.15) is 12.0 Å². The molecule has 1 aliphatic heterocycles. The molecule has 0 atom stereocenters. The number of rotatable bonds is 6. The second-order valence-electron chi connectivity index (χ2n) is 4.73. The quantitative estimate of drug-likeness (QED) is 0.768. The van der Waals surface area contributed by atoms with E-state index >= 15 is 0 Å². The Morgan fingerprint density at radius 3 is 2.48 bits per heavy atom. The lowest BCUT2D eigenvalue weighted by molar-refractivity contribution is 0.0374. The molecule has 0 aliphatic carbocycles. The molecule has 1 heterocycles. The number of hydrogen-bond acceptors (Lipinski definition) is 3. The molecule has 1 saturated heterocycles. The van der Waals surface area contributed by atoms with Gasteiger partial charge in [0.1, 0.15) is 0 Å². The SMILES string of the molecule is Cl.Cl.Clc1ccc(CNCCCN2CCOCC2)cc1Cl. The highest BCUT2D eigenvalue weighted by Gasteiger charge is 2.08. The van der Waals surface area contributed by atoms with Crippen LogP contribution < -0.4 is 5.32 Å². The van der Waals surface area contributed by atoms with E-state index in [-0.39, 0.29) is 24.8 Å². The van der Waals surface area contributed by atoms with E-state index < -0.39 is 0 Å². The Balaban J connectivity index is 0.00000200. The summed E-state index contributed by atoms with van der Waals surface area (Å²) in [6.07, 6.45) is 1.15. The molecule has 0 bridgehead atoms. The van der Waals surface area contributed by atoms with Gasteiger partial charge in [0.15, 0.2) is 0 Å². The Bertz CT molecular complexity index is 401. The van der Waals surface area contributed by atoms with Gasteiger partial charge >= 0.3 is 0 Å². The summed E-state index contributed by atoms with van der Waals surface area (Å²) in [5.74, 6) is 0. The number of ether oxygens (including phenoxy) is 1. The number of benzene rings is 1. The molecule has 1 N–H and O–H groups in total. The molecular weight excluding hydrogens is 354 g/mol. The Hall–Kier alpha value is 0.260. The van der Waals surface area contributed by atoms with Gasteiger partial charge in [0.2, 0.25) is 0 Å². The molecular formula is C14H22Cl4N2O. The average Bonchev–Trinajstić information content (AvgIpc) is 2.43. The molecule has 1 aliphatic rings. The fourth-order valence-electron chi connectivity index (χ4n) is 2.13. The lowest BCUT2D eigenvalue weighted by Gasteiger charge is -2.26. The van der Waals surface area contributed by atoms with E-state index in [1.165, 1.54) is 5.56 Å². The Kier molecular flexibility index (Phi) is 11.9. The number of hydrogen-bond donors (Lipinski definition) is 1. The van der Waals surface area contributed by atoms with Crippen LogP contribution in [-0.4, -0.2) is 44.3 Å². The Labute approximate surface area is 149 Å². The van der Waals surface area contributed by atoms with Crippen molar-refractivity contribution in [2.45, 2.75) is 13.0 Å². The average molecular weight is 376 g/mol. The molecule has 0 aromatic heterocycles. The predicted molar refractivity (Wildman–Crippen MR) is 94.5 cm³/mol. The highest BCUT2D eigenvalue weighted by molar-refractivity contribution is 6.42. The fraction of sp³-hybridized carbons (Fsp3) is 0.571. The molecule has 1 aromatic rings. The van der Waals surface area contributed by atoms with Crippen molar-refractivity contribution in [3.05, 3.63) is 33.8 Å². The number of nitrogens with zero attached hydrogens (tertiary/aromatic N) is 1. The van der Waals surface area contributed by atoms with E-state index in [1.54, 1.807) is 0 Å². The summed E-state index contributed by atoms with van der Waals surface area (Å²) in [4.78, 5) is 2.45. The van der Waals surface area contributed by atoms with E-state index in [2.05, 4.69) is 10.2 Å². The largest absolute Gasteiger partial charge is 0.379 e. The molecule has 21 heavy (non-hydrogen) atoms. The van der Waals surface area contributed by atoms with Crippen LogP contribution in [0.4, 0.5) is 0 Å². The minimum atomic E-state index is 0. The van der Waals surface area contributed by atoms with Gasteiger partial charge in [-0.25, -0.2) is 0 Å².